The summed E-state index contributed by atoms with van der Waals surface area (Å²) in [6.07, 6.45) is 0.746. The van der Waals surface area contributed by atoms with Crippen molar-refractivity contribution in [2.75, 3.05) is 26.3 Å². The lowest BCUT2D eigenvalue weighted by atomic mass is 9.76. The highest BCUT2D eigenvalue weighted by Gasteiger charge is 2.47. The zero-order valence-corrected chi connectivity index (χ0v) is 11.4. The number of hydrogen-bond donors (Lipinski definition) is 1. The Morgan fingerprint density at radius 2 is 2.12 bits per heavy atom. The van der Waals surface area contributed by atoms with Gasteiger partial charge in [0.2, 0.25) is 0 Å². The Balaban J connectivity index is 2.63. The molecule has 2 atom stereocenters. The normalized spacial score (nSPS) is 27.6. The highest BCUT2D eigenvalue weighted by molar-refractivity contribution is 5.75. The van der Waals surface area contributed by atoms with Crippen molar-refractivity contribution in [1.29, 1.82) is 0 Å². The summed E-state index contributed by atoms with van der Waals surface area (Å²) in [5.74, 6) is -0.483. The van der Waals surface area contributed by atoms with Gasteiger partial charge in [-0.2, -0.15) is 0 Å². The minimum Gasteiger partial charge on any atom is -0.481 e. The maximum Gasteiger partial charge on any atom is 0.311 e. The lowest BCUT2D eigenvalue weighted by Crippen LogP contribution is -2.42. The Morgan fingerprint density at radius 3 is 2.53 bits per heavy atom. The number of carbonyl (C=O) groups is 1. The van der Waals surface area contributed by atoms with Gasteiger partial charge in [0.25, 0.3) is 0 Å². The van der Waals surface area contributed by atoms with E-state index in [4.69, 9.17) is 4.74 Å². The summed E-state index contributed by atoms with van der Waals surface area (Å²) in [7, 11) is 0. The molecule has 17 heavy (non-hydrogen) atoms. The molecule has 0 amide bonds. The average molecular weight is 243 g/mol. The van der Waals surface area contributed by atoms with Crippen LogP contribution in [0.15, 0.2) is 0 Å². The molecule has 1 rings (SSSR count). The number of nitrogens with zero attached hydrogens (tertiary/aromatic N) is 1. The molecule has 1 fully saturated rings. The third-order valence-corrected chi connectivity index (χ3v) is 4.05. The molecule has 0 aromatic carbocycles. The molecule has 2 unspecified atom stereocenters. The third-order valence-electron chi connectivity index (χ3n) is 4.05. The molecule has 0 aliphatic carbocycles. The van der Waals surface area contributed by atoms with E-state index in [0.717, 1.165) is 13.0 Å². The molecule has 1 aliphatic rings. The van der Waals surface area contributed by atoms with Crippen LogP contribution in [-0.4, -0.2) is 48.3 Å². The Bertz CT molecular complexity index is 267. The molecule has 1 heterocycles. The number of hydrogen-bond acceptors (Lipinski definition) is 3. The van der Waals surface area contributed by atoms with Gasteiger partial charge in [-0.25, -0.2) is 0 Å². The molecule has 0 bridgehead atoms. The fraction of sp³-hybridized carbons (Fsp3) is 0.923. The van der Waals surface area contributed by atoms with Gasteiger partial charge >= 0.3 is 5.97 Å². The molecular weight excluding hydrogens is 218 g/mol. The lowest BCUT2D eigenvalue weighted by molar-refractivity contribution is -0.151. The topological polar surface area (TPSA) is 49.8 Å². The average Bonchev–Trinajstić information content (AvgIpc) is 2.72. The Labute approximate surface area is 104 Å². The summed E-state index contributed by atoms with van der Waals surface area (Å²) < 4.78 is 5.41. The quantitative estimate of drug-likeness (QED) is 0.773. The van der Waals surface area contributed by atoms with Crippen molar-refractivity contribution in [3.8, 4) is 0 Å². The summed E-state index contributed by atoms with van der Waals surface area (Å²) in [6, 6.07) is 0.301. The van der Waals surface area contributed by atoms with E-state index in [1.165, 1.54) is 0 Å². The van der Waals surface area contributed by atoms with Gasteiger partial charge in [-0.05, 0) is 32.7 Å². The maximum atomic E-state index is 11.5. The third kappa shape index (κ3) is 2.99. The van der Waals surface area contributed by atoms with E-state index in [9.17, 15) is 9.90 Å². The second kappa shape index (κ2) is 5.83. The minimum atomic E-state index is -0.654. The number of ether oxygens (including phenoxy) is 1. The molecule has 100 valence electrons. The van der Waals surface area contributed by atoms with E-state index in [-0.39, 0.29) is 5.92 Å². The molecule has 0 spiro atoms. The summed E-state index contributed by atoms with van der Waals surface area (Å²) in [6.45, 7) is 11.0. The minimum absolute atomic E-state index is 0.171. The van der Waals surface area contributed by atoms with Crippen LogP contribution in [0.3, 0.4) is 0 Å². The molecule has 0 aromatic heterocycles. The van der Waals surface area contributed by atoms with Crippen LogP contribution in [0, 0.1) is 11.3 Å². The first-order chi connectivity index (χ1) is 7.94. The van der Waals surface area contributed by atoms with Crippen LogP contribution < -0.4 is 0 Å². The standard InChI is InChI=1S/C13H25NO3/c1-5-17-8-11(4)14-7-6-13(9-14,10(2)3)12(15)16/h10-11H,5-9H2,1-4H3,(H,15,16). The Kier molecular flexibility index (Phi) is 4.95. The molecule has 1 aliphatic heterocycles. The second-order valence-electron chi connectivity index (χ2n) is 5.34. The Hall–Kier alpha value is -0.610. The molecule has 4 nitrogen and oxygen atoms in total. The second-order valence-corrected chi connectivity index (χ2v) is 5.34. The van der Waals surface area contributed by atoms with Crippen molar-refractivity contribution in [2.45, 2.75) is 40.2 Å². The summed E-state index contributed by atoms with van der Waals surface area (Å²) in [5.41, 5.74) is -0.569. The summed E-state index contributed by atoms with van der Waals surface area (Å²) in [4.78, 5) is 13.7. The highest BCUT2D eigenvalue weighted by Crippen LogP contribution is 2.38. The predicted molar refractivity (Wildman–Crippen MR) is 67.1 cm³/mol. The van der Waals surface area contributed by atoms with Gasteiger partial charge in [-0.1, -0.05) is 13.8 Å². The summed E-state index contributed by atoms with van der Waals surface area (Å²) >= 11 is 0. The zero-order chi connectivity index (χ0) is 13.1. The van der Waals surface area contributed by atoms with Gasteiger partial charge in [-0.15, -0.1) is 0 Å². The lowest BCUT2D eigenvalue weighted by Gasteiger charge is -2.30. The van der Waals surface area contributed by atoms with Gasteiger partial charge in [-0.3, -0.25) is 9.69 Å². The number of carboxylic acids is 1. The fourth-order valence-electron chi connectivity index (χ4n) is 2.53. The largest absolute Gasteiger partial charge is 0.481 e. The van der Waals surface area contributed by atoms with Crippen molar-refractivity contribution >= 4 is 5.97 Å². The SMILES string of the molecule is CCOCC(C)N1CCC(C(=O)O)(C(C)C)C1. The van der Waals surface area contributed by atoms with Crippen molar-refractivity contribution in [3.05, 3.63) is 0 Å². The molecule has 0 aromatic rings. The van der Waals surface area contributed by atoms with E-state index < -0.39 is 11.4 Å². The molecule has 0 radical (unpaired) electrons. The van der Waals surface area contributed by atoms with Crippen LogP contribution in [-0.2, 0) is 9.53 Å². The first-order valence-electron chi connectivity index (χ1n) is 6.49. The van der Waals surface area contributed by atoms with Gasteiger partial charge < -0.3 is 9.84 Å². The molecule has 0 saturated carbocycles. The van der Waals surface area contributed by atoms with E-state index in [0.29, 0.717) is 25.8 Å². The van der Waals surface area contributed by atoms with Crippen molar-refractivity contribution < 1.29 is 14.6 Å². The smallest absolute Gasteiger partial charge is 0.311 e. The number of aliphatic carboxylic acids is 1. The van der Waals surface area contributed by atoms with E-state index >= 15 is 0 Å². The zero-order valence-electron chi connectivity index (χ0n) is 11.4. The van der Waals surface area contributed by atoms with Crippen LogP contribution in [0.4, 0.5) is 0 Å². The van der Waals surface area contributed by atoms with Gasteiger partial charge in [0.1, 0.15) is 0 Å². The fourth-order valence-corrected chi connectivity index (χ4v) is 2.53. The first kappa shape index (κ1) is 14.5. The van der Waals surface area contributed by atoms with E-state index in [1.54, 1.807) is 0 Å². The van der Waals surface area contributed by atoms with E-state index in [1.807, 2.05) is 20.8 Å². The van der Waals surface area contributed by atoms with Gasteiger partial charge in [0.05, 0.1) is 12.0 Å². The van der Waals surface area contributed by atoms with Crippen molar-refractivity contribution in [3.63, 3.8) is 0 Å². The van der Waals surface area contributed by atoms with E-state index in [2.05, 4.69) is 11.8 Å². The van der Waals surface area contributed by atoms with Gasteiger partial charge in [0, 0.05) is 19.2 Å². The number of rotatable bonds is 6. The monoisotopic (exact) mass is 243 g/mol. The highest BCUT2D eigenvalue weighted by atomic mass is 16.5. The van der Waals surface area contributed by atoms with Crippen LogP contribution in [0.2, 0.25) is 0 Å². The van der Waals surface area contributed by atoms with Crippen LogP contribution >= 0.6 is 0 Å². The van der Waals surface area contributed by atoms with Crippen LogP contribution in [0.25, 0.3) is 0 Å². The van der Waals surface area contributed by atoms with Gasteiger partial charge in [0.15, 0.2) is 0 Å². The molecule has 4 heteroatoms. The molecule has 1 saturated heterocycles. The molecule has 1 N–H and O–H groups in total. The Morgan fingerprint density at radius 1 is 1.47 bits per heavy atom. The van der Waals surface area contributed by atoms with Crippen LogP contribution in [0.1, 0.15) is 34.1 Å². The summed E-state index contributed by atoms with van der Waals surface area (Å²) in [5, 5.41) is 9.45. The van der Waals surface area contributed by atoms with Crippen LogP contribution in [0.5, 0.6) is 0 Å². The maximum absolute atomic E-state index is 11.5. The number of likely N-dealkylation sites (tertiary alicyclic amines) is 1. The predicted octanol–water partition coefficient (Wildman–Crippen LogP) is 1.84. The first-order valence-corrected chi connectivity index (χ1v) is 6.49. The van der Waals surface area contributed by atoms with Crippen molar-refractivity contribution in [1.82, 2.24) is 4.90 Å². The molecular formula is C13H25NO3. The van der Waals surface area contributed by atoms with Crippen molar-refractivity contribution in [2.24, 2.45) is 11.3 Å². The number of carboxylic acid groups (broad SMARTS) is 1.